The predicted molar refractivity (Wildman–Crippen MR) is 75.3 cm³/mol. The van der Waals surface area contributed by atoms with E-state index in [1.165, 1.54) is 0 Å². The molecule has 0 aliphatic carbocycles. The molecule has 0 saturated heterocycles. The van der Waals surface area contributed by atoms with E-state index in [0.29, 0.717) is 12.5 Å². The standard InChI is InChI=1S/C13H18FN3O4/c1-7(2)3-9(6-18)16-13(19)10-4-8(14)5-11(12(10)15)17(20)21/h4-5,7,9,18H,3,6,15H2,1-2H3,(H,16,19). The van der Waals surface area contributed by atoms with E-state index in [1.807, 2.05) is 13.8 Å². The van der Waals surface area contributed by atoms with Crippen molar-refractivity contribution in [3.05, 3.63) is 33.6 Å². The average molecular weight is 299 g/mol. The van der Waals surface area contributed by atoms with Crippen LogP contribution in [0, 0.1) is 21.8 Å². The molecule has 0 spiro atoms. The number of carbonyl (C=O) groups excluding carboxylic acids is 1. The molecule has 0 aliphatic rings. The molecule has 21 heavy (non-hydrogen) atoms. The third-order valence-electron chi connectivity index (χ3n) is 2.88. The Morgan fingerprint density at radius 2 is 2.14 bits per heavy atom. The molecule has 1 amide bonds. The molecule has 0 fully saturated rings. The van der Waals surface area contributed by atoms with Crippen LogP contribution < -0.4 is 11.1 Å². The van der Waals surface area contributed by atoms with Crippen molar-refractivity contribution >= 4 is 17.3 Å². The number of nitrogen functional groups attached to an aromatic ring is 1. The summed E-state index contributed by atoms with van der Waals surface area (Å²) < 4.78 is 13.4. The van der Waals surface area contributed by atoms with E-state index in [0.717, 1.165) is 6.07 Å². The molecule has 0 heterocycles. The third kappa shape index (κ3) is 4.38. The van der Waals surface area contributed by atoms with Crippen LogP contribution in [0.4, 0.5) is 15.8 Å². The Bertz CT molecular complexity index is 548. The van der Waals surface area contributed by atoms with Gasteiger partial charge in [-0.15, -0.1) is 0 Å². The summed E-state index contributed by atoms with van der Waals surface area (Å²) in [6.07, 6.45) is 0.513. The number of nitrogens with one attached hydrogen (secondary N) is 1. The zero-order chi connectivity index (χ0) is 16.2. The molecule has 0 aliphatic heterocycles. The van der Waals surface area contributed by atoms with Crippen molar-refractivity contribution in [2.45, 2.75) is 26.3 Å². The molecule has 1 aromatic carbocycles. The number of hydrogen-bond acceptors (Lipinski definition) is 5. The molecule has 0 bridgehead atoms. The molecule has 0 saturated carbocycles. The van der Waals surface area contributed by atoms with Gasteiger partial charge in [0.25, 0.3) is 11.6 Å². The Hall–Kier alpha value is -2.22. The van der Waals surface area contributed by atoms with Crippen molar-refractivity contribution in [3.8, 4) is 0 Å². The number of halogens is 1. The second-order valence-corrected chi connectivity index (χ2v) is 5.13. The number of rotatable bonds is 6. The smallest absolute Gasteiger partial charge is 0.295 e. The lowest BCUT2D eigenvalue weighted by Crippen LogP contribution is -2.38. The van der Waals surface area contributed by atoms with Gasteiger partial charge in [0.05, 0.1) is 29.2 Å². The monoisotopic (exact) mass is 299 g/mol. The zero-order valence-corrected chi connectivity index (χ0v) is 11.8. The van der Waals surface area contributed by atoms with Crippen LogP contribution >= 0.6 is 0 Å². The number of nitrogens with two attached hydrogens (primary N) is 1. The maximum Gasteiger partial charge on any atom is 0.295 e. The minimum atomic E-state index is -0.926. The number of anilines is 1. The van der Waals surface area contributed by atoms with Crippen LogP contribution in [0.25, 0.3) is 0 Å². The number of benzene rings is 1. The van der Waals surface area contributed by atoms with Crippen LogP contribution in [0.2, 0.25) is 0 Å². The Labute approximate surface area is 121 Å². The summed E-state index contributed by atoms with van der Waals surface area (Å²) in [6.45, 7) is 3.54. The third-order valence-corrected chi connectivity index (χ3v) is 2.88. The number of nitro groups is 1. The van der Waals surface area contributed by atoms with Gasteiger partial charge in [0.1, 0.15) is 11.5 Å². The number of hydrogen-bond donors (Lipinski definition) is 3. The number of carbonyl (C=O) groups is 1. The van der Waals surface area contributed by atoms with Gasteiger partial charge in [-0.05, 0) is 18.4 Å². The van der Waals surface area contributed by atoms with Crippen molar-refractivity contribution in [2.24, 2.45) is 5.92 Å². The molecule has 1 aromatic rings. The van der Waals surface area contributed by atoms with Gasteiger partial charge in [-0.2, -0.15) is 0 Å². The molecule has 4 N–H and O–H groups in total. The summed E-state index contributed by atoms with van der Waals surface area (Å²) in [5.41, 5.74) is 4.16. The van der Waals surface area contributed by atoms with Crippen molar-refractivity contribution < 1.29 is 19.2 Å². The van der Waals surface area contributed by atoms with Crippen LogP contribution in [-0.2, 0) is 0 Å². The average Bonchev–Trinajstić information content (AvgIpc) is 2.39. The minimum Gasteiger partial charge on any atom is -0.394 e. The highest BCUT2D eigenvalue weighted by Gasteiger charge is 2.23. The van der Waals surface area contributed by atoms with Gasteiger partial charge in [-0.25, -0.2) is 4.39 Å². The Kier molecular flexibility index (Phi) is 5.60. The number of amides is 1. The van der Waals surface area contributed by atoms with E-state index in [9.17, 15) is 24.4 Å². The molecule has 1 atom stereocenters. The maximum absolute atomic E-state index is 13.4. The summed E-state index contributed by atoms with van der Waals surface area (Å²) in [7, 11) is 0. The molecule has 0 aromatic heterocycles. The van der Waals surface area contributed by atoms with Gasteiger partial charge >= 0.3 is 0 Å². The topological polar surface area (TPSA) is 118 Å². The summed E-state index contributed by atoms with van der Waals surface area (Å²) in [6, 6.07) is 0.963. The first-order valence-electron chi connectivity index (χ1n) is 6.41. The summed E-state index contributed by atoms with van der Waals surface area (Å²) in [5, 5.41) is 22.5. The Morgan fingerprint density at radius 3 is 2.62 bits per heavy atom. The molecule has 8 heteroatoms. The second-order valence-electron chi connectivity index (χ2n) is 5.13. The van der Waals surface area contributed by atoms with Gasteiger partial charge in [-0.1, -0.05) is 13.8 Å². The van der Waals surface area contributed by atoms with Gasteiger partial charge in [0.2, 0.25) is 0 Å². The quantitative estimate of drug-likeness (QED) is 0.417. The van der Waals surface area contributed by atoms with E-state index in [2.05, 4.69) is 5.32 Å². The fourth-order valence-corrected chi connectivity index (χ4v) is 1.95. The van der Waals surface area contributed by atoms with Crippen LogP contribution in [0.5, 0.6) is 0 Å². The highest BCUT2D eigenvalue weighted by atomic mass is 19.1. The number of aliphatic hydroxyl groups excluding tert-OH is 1. The maximum atomic E-state index is 13.4. The summed E-state index contributed by atoms with van der Waals surface area (Å²) >= 11 is 0. The van der Waals surface area contributed by atoms with Crippen molar-refractivity contribution in [2.75, 3.05) is 12.3 Å². The fourth-order valence-electron chi connectivity index (χ4n) is 1.95. The lowest BCUT2D eigenvalue weighted by Gasteiger charge is -2.18. The molecule has 116 valence electrons. The Balaban J connectivity index is 3.04. The molecule has 0 radical (unpaired) electrons. The molecule has 7 nitrogen and oxygen atoms in total. The van der Waals surface area contributed by atoms with Gasteiger partial charge in [-0.3, -0.25) is 14.9 Å². The molecular formula is C13H18FN3O4. The van der Waals surface area contributed by atoms with Gasteiger partial charge < -0.3 is 16.2 Å². The summed E-state index contributed by atoms with van der Waals surface area (Å²) in [5.74, 6) is -1.46. The summed E-state index contributed by atoms with van der Waals surface area (Å²) in [4.78, 5) is 22.0. The number of nitro benzene ring substituents is 1. The molecule has 1 unspecified atom stereocenters. The van der Waals surface area contributed by atoms with Crippen molar-refractivity contribution in [1.29, 1.82) is 0 Å². The zero-order valence-electron chi connectivity index (χ0n) is 11.8. The molecular weight excluding hydrogens is 281 g/mol. The Morgan fingerprint density at radius 1 is 1.52 bits per heavy atom. The number of nitrogens with zero attached hydrogens (tertiary/aromatic N) is 1. The lowest BCUT2D eigenvalue weighted by atomic mass is 10.0. The van der Waals surface area contributed by atoms with Crippen molar-refractivity contribution in [1.82, 2.24) is 5.32 Å². The van der Waals surface area contributed by atoms with E-state index in [1.54, 1.807) is 0 Å². The highest BCUT2D eigenvalue weighted by molar-refractivity contribution is 6.01. The number of aliphatic hydroxyl groups is 1. The highest BCUT2D eigenvalue weighted by Crippen LogP contribution is 2.26. The van der Waals surface area contributed by atoms with E-state index in [-0.39, 0.29) is 18.1 Å². The SMILES string of the molecule is CC(C)CC(CO)NC(=O)c1cc(F)cc([N+](=O)[O-])c1N. The van der Waals surface area contributed by atoms with E-state index >= 15 is 0 Å². The lowest BCUT2D eigenvalue weighted by molar-refractivity contribution is -0.384. The van der Waals surface area contributed by atoms with Crippen LogP contribution in [0.15, 0.2) is 12.1 Å². The van der Waals surface area contributed by atoms with Gasteiger partial charge in [0.15, 0.2) is 0 Å². The van der Waals surface area contributed by atoms with E-state index in [4.69, 9.17) is 5.73 Å². The fraction of sp³-hybridized carbons (Fsp3) is 0.462. The van der Waals surface area contributed by atoms with Crippen molar-refractivity contribution in [3.63, 3.8) is 0 Å². The van der Waals surface area contributed by atoms with Crippen LogP contribution in [0.1, 0.15) is 30.6 Å². The minimum absolute atomic E-state index is 0.224. The van der Waals surface area contributed by atoms with E-state index < -0.39 is 34.1 Å². The first-order valence-corrected chi connectivity index (χ1v) is 6.41. The molecule has 1 rings (SSSR count). The predicted octanol–water partition coefficient (Wildman–Crippen LogP) is 1.45. The van der Waals surface area contributed by atoms with Gasteiger partial charge in [0, 0.05) is 0 Å². The van der Waals surface area contributed by atoms with Crippen LogP contribution in [0.3, 0.4) is 0 Å². The second kappa shape index (κ2) is 6.98. The first kappa shape index (κ1) is 16.8. The first-order chi connectivity index (χ1) is 9.76. The normalized spacial score (nSPS) is 12.2. The largest absolute Gasteiger partial charge is 0.394 e. The van der Waals surface area contributed by atoms with Crippen LogP contribution in [-0.4, -0.2) is 28.6 Å².